The SMILES string of the molecule is COc1ccc(/C(C)=N\NC(=O)CNc2ccccc2C)c(OC)c1. The maximum Gasteiger partial charge on any atom is 0.259 e. The lowest BCUT2D eigenvalue weighted by Crippen LogP contribution is -2.27. The van der Waals surface area contributed by atoms with Crippen LogP contribution in [0.1, 0.15) is 18.1 Å². The summed E-state index contributed by atoms with van der Waals surface area (Å²) in [6, 6.07) is 13.2. The van der Waals surface area contributed by atoms with Crippen LogP contribution >= 0.6 is 0 Å². The number of carbonyl (C=O) groups is 1. The molecule has 2 aromatic rings. The van der Waals surface area contributed by atoms with Crippen LogP contribution in [0.2, 0.25) is 0 Å². The summed E-state index contributed by atoms with van der Waals surface area (Å²) >= 11 is 0. The lowest BCUT2D eigenvalue weighted by molar-refractivity contribution is -0.119. The molecule has 0 heterocycles. The van der Waals surface area contributed by atoms with Gasteiger partial charge in [0.05, 0.1) is 26.5 Å². The molecule has 0 fully saturated rings. The molecule has 0 aromatic heterocycles. The van der Waals surface area contributed by atoms with Gasteiger partial charge in [-0.3, -0.25) is 4.79 Å². The van der Waals surface area contributed by atoms with E-state index in [1.165, 1.54) is 0 Å². The molecule has 0 saturated carbocycles. The molecule has 1 amide bonds. The van der Waals surface area contributed by atoms with E-state index < -0.39 is 0 Å². The fraction of sp³-hybridized carbons (Fsp3) is 0.263. The summed E-state index contributed by atoms with van der Waals surface area (Å²) in [4.78, 5) is 12.0. The summed E-state index contributed by atoms with van der Waals surface area (Å²) in [6.07, 6.45) is 0. The second-order valence-electron chi connectivity index (χ2n) is 5.47. The Kier molecular flexibility index (Phi) is 6.39. The zero-order valence-corrected chi connectivity index (χ0v) is 14.9. The number of methoxy groups -OCH3 is 2. The van der Waals surface area contributed by atoms with Crippen molar-refractivity contribution < 1.29 is 14.3 Å². The van der Waals surface area contributed by atoms with Crippen LogP contribution in [0.4, 0.5) is 5.69 Å². The van der Waals surface area contributed by atoms with E-state index in [4.69, 9.17) is 9.47 Å². The average Bonchev–Trinajstić information content (AvgIpc) is 2.64. The molecule has 6 heteroatoms. The largest absolute Gasteiger partial charge is 0.497 e. The van der Waals surface area contributed by atoms with Crippen molar-refractivity contribution in [3.8, 4) is 11.5 Å². The zero-order chi connectivity index (χ0) is 18.2. The van der Waals surface area contributed by atoms with Gasteiger partial charge in [-0.2, -0.15) is 5.10 Å². The van der Waals surface area contributed by atoms with Gasteiger partial charge in [0.25, 0.3) is 5.91 Å². The fourth-order valence-corrected chi connectivity index (χ4v) is 2.29. The Morgan fingerprint density at radius 3 is 2.56 bits per heavy atom. The molecule has 0 unspecified atom stereocenters. The van der Waals surface area contributed by atoms with Gasteiger partial charge in [0.1, 0.15) is 11.5 Å². The number of benzene rings is 2. The van der Waals surface area contributed by atoms with Crippen LogP contribution in [0.25, 0.3) is 0 Å². The van der Waals surface area contributed by atoms with Crippen LogP contribution in [-0.2, 0) is 4.79 Å². The van der Waals surface area contributed by atoms with E-state index in [1.807, 2.05) is 43.3 Å². The molecule has 25 heavy (non-hydrogen) atoms. The fourth-order valence-electron chi connectivity index (χ4n) is 2.29. The lowest BCUT2D eigenvalue weighted by Gasteiger charge is -2.11. The zero-order valence-electron chi connectivity index (χ0n) is 14.9. The normalized spacial score (nSPS) is 11.0. The number of para-hydroxylation sites is 1. The van der Waals surface area contributed by atoms with Crippen molar-refractivity contribution in [3.63, 3.8) is 0 Å². The molecule has 0 aliphatic rings. The molecular weight excluding hydrogens is 318 g/mol. The van der Waals surface area contributed by atoms with Crippen molar-refractivity contribution in [2.45, 2.75) is 13.8 Å². The Hall–Kier alpha value is -3.02. The minimum atomic E-state index is -0.227. The smallest absolute Gasteiger partial charge is 0.259 e. The Morgan fingerprint density at radius 2 is 1.88 bits per heavy atom. The van der Waals surface area contributed by atoms with E-state index in [0.717, 1.165) is 16.8 Å². The van der Waals surface area contributed by atoms with Gasteiger partial charge in [-0.25, -0.2) is 5.43 Å². The molecule has 0 atom stereocenters. The van der Waals surface area contributed by atoms with Gasteiger partial charge in [0.15, 0.2) is 0 Å². The van der Waals surface area contributed by atoms with Crippen molar-refractivity contribution in [2.75, 3.05) is 26.1 Å². The number of aryl methyl sites for hydroxylation is 1. The number of hydrogen-bond donors (Lipinski definition) is 2. The van der Waals surface area contributed by atoms with E-state index in [9.17, 15) is 4.79 Å². The van der Waals surface area contributed by atoms with Gasteiger partial charge >= 0.3 is 0 Å². The van der Waals surface area contributed by atoms with Crippen LogP contribution in [0.15, 0.2) is 47.6 Å². The third-order valence-electron chi connectivity index (χ3n) is 3.73. The van der Waals surface area contributed by atoms with Gasteiger partial charge in [-0.15, -0.1) is 0 Å². The number of anilines is 1. The first kappa shape index (κ1) is 18.3. The predicted octanol–water partition coefficient (Wildman–Crippen LogP) is 2.96. The Labute approximate surface area is 147 Å². The Bertz CT molecular complexity index is 772. The summed E-state index contributed by atoms with van der Waals surface area (Å²) in [5.41, 5.74) is 5.99. The number of nitrogens with zero attached hydrogens (tertiary/aromatic N) is 1. The monoisotopic (exact) mass is 341 g/mol. The highest BCUT2D eigenvalue weighted by molar-refractivity contribution is 6.01. The first-order valence-corrected chi connectivity index (χ1v) is 7.90. The van der Waals surface area contributed by atoms with E-state index in [2.05, 4.69) is 15.8 Å². The minimum Gasteiger partial charge on any atom is -0.497 e. The molecule has 0 aliphatic carbocycles. The van der Waals surface area contributed by atoms with Crippen molar-refractivity contribution in [1.82, 2.24) is 5.43 Å². The average molecular weight is 341 g/mol. The van der Waals surface area contributed by atoms with Gasteiger partial charge in [-0.05, 0) is 37.6 Å². The maximum atomic E-state index is 12.0. The number of rotatable bonds is 7. The molecule has 6 nitrogen and oxygen atoms in total. The van der Waals surface area contributed by atoms with Crippen molar-refractivity contribution >= 4 is 17.3 Å². The number of ether oxygens (including phenoxy) is 2. The first-order chi connectivity index (χ1) is 12.0. The summed E-state index contributed by atoms with van der Waals surface area (Å²) in [5.74, 6) is 1.10. The van der Waals surface area contributed by atoms with Crippen LogP contribution in [0.3, 0.4) is 0 Å². The highest BCUT2D eigenvalue weighted by Gasteiger charge is 2.09. The molecule has 0 bridgehead atoms. The molecule has 0 spiro atoms. The van der Waals surface area contributed by atoms with Crippen LogP contribution in [0.5, 0.6) is 11.5 Å². The third kappa shape index (κ3) is 4.97. The molecule has 2 N–H and O–H groups in total. The molecule has 0 radical (unpaired) electrons. The standard InChI is InChI=1S/C19H23N3O3/c1-13-7-5-6-8-17(13)20-12-19(23)22-21-14(2)16-10-9-15(24-3)11-18(16)25-4/h5-11,20H,12H2,1-4H3,(H,22,23)/b21-14-. The number of carbonyl (C=O) groups excluding carboxylic acids is 1. The molecule has 0 saturated heterocycles. The molecule has 2 aromatic carbocycles. The number of amides is 1. The molecule has 132 valence electrons. The quantitative estimate of drug-likeness (QED) is 0.600. The summed E-state index contributed by atoms with van der Waals surface area (Å²) in [7, 11) is 3.17. The summed E-state index contributed by atoms with van der Waals surface area (Å²) in [5, 5.41) is 7.24. The number of hydrazone groups is 1. The molecular formula is C19H23N3O3. The van der Waals surface area contributed by atoms with Gasteiger partial charge in [0, 0.05) is 17.3 Å². The first-order valence-electron chi connectivity index (χ1n) is 7.90. The maximum absolute atomic E-state index is 12.0. The van der Waals surface area contributed by atoms with E-state index in [-0.39, 0.29) is 12.5 Å². The van der Waals surface area contributed by atoms with Crippen LogP contribution < -0.4 is 20.2 Å². The van der Waals surface area contributed by atoms with Crippen molar-refractivity contribution in [1.29, 1.82) is 0 Å². The molecule has 0 aliphatic heterocycles. The summed E-state index contributed by atoms with van der Waals surface area (Å²) in [6.45, 7) is 3.93. The number of nitrogens with one attached hydrogen (secondary N) is 2. The van der Waals surface area contributed by atoms with Gasteiger partial charge in [-0.1, -0.05) is 18.2 Å². The predicted molar refractivity (Wildman–Crippen MR) is 99.6 cm³/mol. The van der Waals surface area contributed by atoms with E-state index in [1.54, 1.807) is 27.2 Å². The Morgan fingerprint density at radius 1 is 1.12 bits per heavy atom. The summed E-state index contributed by atoms with van der Waals surface area (Å²) < 4.78 is 10.5. The van der Waals surface area contributed by atoms with Crippen LogP contribution in [0, 0.1) is 6.92 Å². The van der Waals surface area contributed by atoms with Crippen LogP contribution in [-0.4, -0.2) is 32.4 Å². The van der Waals surface area contributed by atoms with Crippen molar-refractivity contribution in [2.24, 2.45) is 5.10 Å². The highest BCUT2D eigenvalue weighted by atomic mass is 16.5. The highest BCUT2D eigenvalue weighted by Crippen LogP contribution is 2.25. The van der Waals surface area contributed by atoms with E-state index in [0.29, 0.717) is 17.2 Å². The Balaban J connectivity index is 1.98. The number of hydrogen-bond acceptors (Lipinski definition) is 5. The second kappa shape index (κ2) is 8.73. The van der Waals surface area contributed by atoms with E-state index >= 15 is 0 Å². The minimum absolute atomic E-state index is 0.140. The topological polar surface area (TPSA) is 72.0 Å². The lowest BCUT2D eigenvalue weighted by atomic mass is 10.1. The van der Waals surface area contributed by atoms with Gasteiger partial charge in [0.2, 0.25) is 0 Å². The third-order valence-corrected chi connectivity index (χ3v) is 3.73. The second-order valence-corrected chi connectivity index (χ2v) is 5.47. The molecule has 2 rings (SSSR count). The van der Waals surface area contributed by atoms with Gasteiger partial charge < -0.3 is 14.8 Å². The van der Waals surface area contributed by atoms with Crippen molar-refractivity contribution in [3.05, 3.63) is 53.6 Å².